The summed E-state index contributed by atoms with van der Waals surface area (Å²) in [5, 5.41) is 6.67. The number of amides is 2. The molecule has 0 aromatic heterocycles. The summed E-state index contributed by atoms with van der Waals surface area (Å²) in [7, 11) is 1.87. The molecule has 144 valence electrons. The van der Waals surface area contributed by atoms with Crippen molar-refractivity contribution in [1.29, 1.82) is 0 Å². The van der Waals surface area contributed by atoms with Crippen LogP contribution in [0.2, 0.25) is 5.02 Å². The zero-order valence-electron chi connectivity index (χ0n) is 16.1. The molecule has 0 spiro atoms. The Kier molecular flexibility index (Phi) is 7.47. The van der Waals surface area contributed by atoms with Gasteiger partial charge in [0.05, 0.1) is 7.05 Å². The number of likely N-dealkylation sites (N-methyl/N-ethyl adjacent to an activating group) is 1. The number of quaternary nitrogens is 1. The molecule has 1 saturated carbocycles. The number of carbonyl (C=O) groups excluding carboxylic acids is 2. The van der Waals surface area contributed by atoms with Crippen LogP contribution in [0.15, 0.2) is 24.3 Å². The van der Waals surface area contributed by atoms with Crippen molar-refractivity contribution in [2.45, 2.75) is 52.1 Å². The molecular formula is C20H31ClN3O2+. The predicted octanol–water partition coefficient (Wildman–Crippen LogP) is 2.12. The second-order valence-electron chi connectivity index (χ2n) is 7.68. The van der Waals surface area contributed by atoms with Gasteiger partial charge in [-0.25, -0.2) is 0 Å². The Hall–Kier alpha value is -1.59. The van der Waals surface area contributed by atoms with Crippen LogP contribution in [-0.2, 0) is 9.59 Å². The van der Waals surface area contributed by atoms with Gasteiger partial charge in [-0.3, -0.25) is 9.59 Å². The van der Waals surface area contributed by atoms with Crippen LogP contribution in [0.4, 0.5) is 5.69 Å². The Labute approximate surface area is 161 Å². The highest BCUT2D eigenvalue weighted by molar-refractivity contribution is 6.30. The first-order valence-corrected chi connectivity index (χ1v) is 9.83. The lowest BCUT2D eigenvalue weighted by atomic mass is 9.78. The first-order valence-electron chi connectivity index (χ1n) is 9.46. The highest BCUT2D eigenvalue weighted by Crippen LogP contribution is 2.29. The third kappa shape index (κ3) is 5.71. The van der Waals surface area contributed by atoms with Crippen LogP contribution >= 0.6 is 11.6 Å². The largest absolute Gasteiger partial charge is 0.348 e. The predicted molar refractivity (Wildman–Crippen MR) is 105 cm³/mol. The van der Waals surface area contributed by atoms with Gasteiger partial charge in [0.2, 0.25) is 0 Å². The minimum atomic E-state index is -0.282. The molecule has 1 unspecified atom stereocenters. The molecule has 1 aromatic rings. The minimum Gasteiger partial charge on any atom is -0.348 e. The van der Waals surface area contributed by atoms with E-state index in [4.69, 9.17) is 11.6 Å². The molecule has 1 aromatic carbocycles. The lowest BCUT2D eigenvalue weighted by Gasteiger charge is -2.35. The molecule has 6 heteroatoms. The molecule has 0 aliphatic heterocycles. The van der Waals surface area contributed by atoms with Gasteiger partial charge in [-0.2, -0.15) is 0 Å². The zero-order valence-corrected chi connectivity index (χ0v) is 16.9. The summed E-state index contributed by atoms with van der Waals surface area (Å²) in [6.07, 6.45) is 3.44. The van der Waals surface area contributed by atoms with Crippen molar-refractivity contribution < 1.29 is 14.5 Å². The van der Waals surface area contributed by atoms with Gasteiger partial charge in [0, 0.05) is 16.8 Å². The summed E-state index contributed by atoms with van der Waals surface area (Å²) >= 11 is 5.85. The Balaban J connectivity index is 1.83. The second kappa shape index (κ2) is 9.38. The molecule has 5 atom stereocenters. The number of benzene rings is 1. The molecule has 1 aliphatic rings. The molecule has 26 heavy (non-hydrogen) atoms. The Morgan fingerprint density at radius 3 is 2.54 bits per heavy atom. The van der Waals surface area contributed by atoms with Crippen molar-refractivity contribution in [3.8, 4) is 0 Å². The maximum absolute atomic E-state index is 12.6. The number of nitrogens with one attached hydrogen (secondary N) is 3. The Morgan fingerprint density at radius 1 is 1.23 bits per heavy atom. The van der Waals surface area contributed by atoms with E-state index in [0.717, 1.165) is 17.7 Å². The smallest absolute Gasteiger partial charge is 0.279 e. The Morgan fingerprint density at radius 2 is 1.88 bits per heavy atom. The number of anilines is 1. The molecule has 1 aliphatic carbocycles. The van der Waals surface area contributed by atoms with E-state index >= 15 is 0 Å². The average Bonchev–Trinajstić information content (AvgIpc) is 2.60. The van der Waals surface area contributed by atoms with Crippen LogP contribution in [0.5, 0.6) is 0 Å². The van der Waals surface area contributed by atoms with Crippen molar-refractivity contribution in [2.24, 2.45) is 11.8 Å². The van der Waals surface area contributed by atoms with Crippen molar-refractivity contribution >= 4 is 29.1 Å². The molecule has 0 bridgehead atoms. The summed E-state index contributed by atoms with van der Waals surface area (Å²) in [4.78, 5) is 25.7. The normalized spacial score (nSPS) is 25.2. The molecule has 2 rings (SSSR count). The van der Waals surface area contributed by atoms with Crippen LogP contribution in [0, 0.1) is 11.8 Å². The van der Waals surface area contributed by atoms with Crippen LogP contribution in [0.25, 0.3) is 0 Å². The Bertz CT molecular complexity index is 620. The first kappa shape index (κ1) is 20.7. The maximum atomic E-state index is 12.6. The van der Waals surface area contributed by atoms with Crippen LogP contribution in [0.1, 0.15) is 40.0 Å². The summed E-state index contributed by atoms with van der Waals surface area (Å²) in [5.74, 6) is 1.03. The highest BCUT2D eigenvalue weighted by Gasteiger charge is 2.31. The maximum Gasteiger partial charge on any atom is 0.279 e. The van der Waals surface area contributed by atoms with E-state index in [-0.39, 0.29) is 30.4 Å². The lowest BCUT2D eigenvalue weighted by molar-refractivity contribution is -0.885. The van der Waals surface area contributed by atoms with Gasteiger partial charge in [-0.15, -0.1) is 0 Å². The number of rotatable bonds is 6. The van der Waals surface area contributed by atoms with Crippen molar-refractivity contribution in [3.05, 3.63) is 29.3 Å². The molecular weight excluding hydrogens is 350 g/mol. The highest BCUT2D eigenvalue weighted by atomic mass is 35.5. The second-order valence-corrected chi connectivity index (χ2v) is 8.12. The van der Waals surface area contributed by atoms with Gasteiger partial charge in [-0.1, -0.05) is 38.3 Å². The van der Waals surface area contributed by atoms with E-state index in [1.165, 1.54) is 6.42 Å². The van der Waals surface area contributed by atoms with Gasteiger partial charge in [0.15, 0.2) is 12.6 Å². The number of hydrogen-bond donors (Lipinski definition) is 3. The van der Waals surface area contributed by atoms with E-state index in [9.17, 15) is 9.59 Å². The summed E-state index contributed by atoms with van der Waals surface area (Å²) < 4.78 is 0. The zero-order chi connectivity index (χ0) is 19.3. The number of hydrogen-bond acceptors (Lipinski definition) is 2. The quantitative estimate of drug-likeness (QED) is 0.707. The van der Waals surface area contributed by atoms with Crippen molar-refractivity contribution in [3.63, 3.8) is 0 Å². The fraction of sp³-hybridized carbons (Fsp3) is 0.600. The SMILES string of the molecule is C[C@H]1[C@@H](NC(=O)[C@@H](C)[NH+](C)CC(=O)Nc2ccc(Cl)cc2)CCC[C@@H]1C. The molecule has 0 radical (unpaired) electrons. The monoisotopic (exact) mass is 380 g/mol. The van der Waals surface area contributed by atoms with Crippen molar-refractivity contribution in [2.75, 3.05) is 18.9 Å². The minimum absolute atomic E-state index is 0.0211. The van der Waals surface area contributed by atoms with Gasteiger partial charge in [0.25, 0.3) is 11.8 Å². The molecule has 2 amide bonds. The molecule has 0 saturated heterocycles. The topological polar surface area (TPSA) is 62.6 Å². The van der Waals surface area contributed by atoms with Gasteiger partial charge >= 0.3 is 0 Å². The summed E-state index contributed by atoms with van der Waals surface area (Å²) in [6.45, 7) is 6.57. The van der Waals surface area contributed by atoms with Crippen molar-refractivity contribution in [1.82, 2.24) is 5.32 Å². The van der Waals surface area contributed by atoms with Gasteiger partial charge in [0.1, 0.15) is 0 Å². The molecule has 3 N–H and O–H groups in total. The van der Waals surface area contributed by atoms with Gasteiger partial charge in [-0.05, 0) is 49.4 Å². The van der Waals surface area contributed by atoms with Gasteiger partial charge < -0.3 is 15.5 Å². The van der Waals surface area contributed by atoms with E-state index in [1.807, 2.05) is 14.0 Å². The summed E-state index contributed by atoms with van der Waals surface area (Å²) in [6, 6.07) is 6.95. The van der Waals surface area contributed by atoms with E-state index in [1.54, 1.807) is 24.3 Å². The van der Waals surface area contributed by atoms with Crippen LogP contribution < -0.4 is 15.5 Å². The van der Waals surface area contributed by atoms with E-state index in [2.05, 4.69) is 24.5 Å². The van der Waals surface area contributed by atoms with E-state index < -0.39 is 0 Å². The number of carbonyl (C=O) groups is 2. The molecule has 0 heterocycles. The fourth-order valence-corrected chi connectivity index (χ4v) is 3.59. The first-order chi connectivity index (χ1) is 12.3. The van der Waals surface area contributed by atoms with Crippen LogP contribution in [-0.4, -0.2) is 37.5 Å². The third-order valence-corrected chi connectivity index (χ3v) is 5.99. The lowest BCUT2D eigenvalue weighted by Crippen LogP contribution is -3.15. The summed E-state index contributed by atoms with van der Waals surface area (Å²) in [5.41, 5.74) is 0.703. The fourth-order valence-electron chi connectivity index (χ4n) is 3.46. The third-order valence-electron chi connectivity index (χ3n) is 5.73. The van der Waals surface area contributed by atoms with E-state index in [0.29, 0.717) is 22.5 Å². The van der Waals surface area contributed by atoms with Crippen LogP contribution in [0.3, 0.4) is 0 Å². The standard InChI is InChI=1S/C20H30ClN3O2/c1-13-6-5-7-18(14(13)2)23-20(26)15(3)24(4)12-19(25)22-17-10-8-16(21)9-11-17/h8-11,13-15,18H,5-7,12H2,1-4H3,(H,22,25)(H,23,26)/p+1/t13-,14+,15+,18-/m0/s1. The molecule has 5 nitrogen and oxygen atoms in total. The average molecular weight is 381 g/mol. The number of halogens is 1. The molecule has 1 fully saturated rings.